The lowest BCUT2D eigenvalue weighted by atomic mass is 9.72. The fraction of sp³-hybridized carbons (Fsp3) is 0.429. The number of hydrogen-bond donors (Lipinski definition) is 4. The van der Waals surface area contributed by atoms with Crippen LogP contribution in [-0.2, 0) is 21.4 Å². The summed E-state index contributed by atoms with van der Waals surface area (Å²) < 4.78 is 19.6. The van der Waals surface area contributed by atoms with Gasteiger partial charge in [-0.05, 0) is 55.9 Å². The molecule has 11 heteroatoms. The number of para-hydroxylation sites is 1. The van der Waals surface area contributed by atoms with Crippen LogP contribution in [0.1, 0.15) is 86.4 Å². The van der Waals surface area contributed by atoms with Crippen LogP contribution < -0.4 is 20.7 Å². The van der Waals surface area contributed by atoms with E-state index in [4.69, 9.17) is 23.5 Å². The van der Waals surface area contributed by atoms with Crippen LogP contribution in [0.3, 0.4) is 0 Å². The van der Waals surface area contributed by atoms with Crippen molar-refractivity contribution in [1.29, 1.82) is 0 Å². The lowest BCUT2D eigenvalue weighted by Gasteiger charge is -2.30. The maximum atomic E-state index is 14.0. The number of ether oxygens (including phenoxy) is 1. The van der Waals surface area contributed by atoms with E-state index in [1.54, 1.807) is 13.8 Å². The lowest BCUT2D eigenvalue weighted by Crippen LogP contribution is -2.55. The molecule has 3 aliphatic heterocycles. The first kappa shape index (κ1) is 30.0. The number of hydrogen-bond acceptors (Lipinski definition) is 9. The Balaban J connectivity index is 1.48. The second-order valence-corrected chi connectivity index (χ2v) is 12.9. The van der Waals surface area contributed by atoms with E-state index in [9.17, 15) is 14.7 Å². The third-order valence-corrected chi connectivity index (χ3v) is 9.86. The first-order chi connectivity index (χ1) is 22.0. The standard InChI is InChI=1S/C35H39N5O6/c1-7-34(43,8-2)32(42)37-24-16-20-13-14-25-22(15-20)35(21-11-9-10-12-23(21)38-33(35)45-25)28-27(31-36-18(5)19(6)44-31)40-30(46-28)26(17(3)4)39-29(24)41/h9-15,17,24,26,33,38,43H,7-8,16H2,1-6H3,(H,37,42)(H,39,41)/t24?,26-,33?,35?/m0/s1. The average Bonchev–Trinajstić information content (AvgIpc) is 3.78. The van der Waals surface area contributed by atoms with Gasteiger partial charge in [-0.25, -0.2) is 9.97 Å². The molecule has 46 heavy (non-hydrogen) atoms. The van der Waals surface area contributed by atoms with Gasteiger partial charge in [-0.15, -0.1) is 0 Å². The Bertz CT molecular complexity index is 1840. The van der Waals surface area contributed by atoms with Gasteiger partial charge in [0.2, 0.25) is 17.7 Å². The molecule has 0 saturated carbocycles. The van der Waals surface area contributed by atoms with Crippen LogP contribution in [0.4, 0.5) is 5.69 Å². The molecule has 240 valence electrons. The minimum Gasteiger partial charge on any atom is -0.469 e. The Kier molecular flexibility index (Phi) is 7.00. The zero-order valence-corrected chi connectivity index (χ0v) is 26.9. The van der Waals surface area contributed by atoms with E-state index in [1.165, 1.54) is 0 Å². The Labute approximate surface area is 267 Å². The summed E-state index contributed by atoms with van der Waals surface area (Å²) in [6, 6.07) is 12.2. The molecule has 4 bridgehead atoms. The number of aliphatic hydroxyl groups is 1. The molecule has 2 amide bonds. The van der Waals surface area contributed by atoms with Crippen LogP contribution in [0.15, 0.2) is 51.3 Å². The molecule has 5 heterocycles. The van der Waals surface area contributed by atoms with E-state index in [0.29, 0.717) is 28.9 Å². The van der Waals surface area contributed by atoms with Crippen molar-refractivity contribution in [3.63, 3.8) is 0 Å². The summed E-state index contributed by atoms with van der Waals surface area (Å²) in [6.45, 7) is 11.2. The van der Waals surface area contributed by atoms with Gasteiger partial charge in [0.05, 0.1) is 5.69 Å². The number of rotatable bonds is 6. The average molecular weight is 626 g/mol. The summed E-state index contributed by atoms with van der Waals surface area (Å²) in [6.07, 6.45) is 0.0482. The molecule has 4 aromatic rings. The number of oxazole rings is 2. The van der Waals surface area contributed by atoms with E-state index in [0.717, 1.165) is 28.1 Å². The fourth-order valence-electron chi connectivity index (χ4n) is 6.89. The Hall–Kier alpha value is -4.64. The molecule has 4 N–H and O–H groups in total. The monoisotopic (exact) mass is 625 g/mol. The van der Waals surface area contributed by atoms with Crippen LogP contribution in [-0.4, -0.2) is 44.8 Å². The van der Waals surface area contributed by atoms with Crippen molar-refractivity contribution < 1.29 is 28.3 Å². The molecular weight excluding hydrogens is 586 g/mol. The van der Waals surface area contributed by atoms with Gasteiger partial charge in [-0.1, -0.05) is 58.0 Å². The highest BCUT2D eigenvalue weighted by atomic mass is 16.5. The lowest BCUT2D eigenvalue weighted by molar-refractivity contribution is -0.143. The Morgan fingerprint density at radius 3 is 2.54 bits per heavy atom. The molecule has 2 aromatic carbocycles. The maximum Gasteiger partial charge on any atom is 0.252 e. The van der Waals surface area contributed by atoms with Gasteiger partial charge in [-0.3, -0.25) is 9.59 Å². The summed E-state index contributed by atoms with van der Waals surface area (Å²) >= 11 is 0. The second-order valence-electron chi connectivity index (χ2n) is 12.9. The van der Waals surface area contributed by atoms with E-state index < -0.39 is 41.1 Å². The fourth-order valence-corrected chi connectivity index (χ4v) is 6.89. The molecule has 4 atom stereocenters. The topological polar surface area (TPSA) is 152 Å². The number of carbonyl (C=O) groups excluding carboxylic acids is 2. The Morgan fingerprint density at radius 2 is 1.85 bits per heavy atom. The largest absolute Gasteiger partial charge is 0.469 e. The molecule has 3 unspecified atom stereocenters. The predicted octanol–water partition coefficient (Wildman–Crippen LogP) is 4.83. The molecule has 2 aromatic heterocycles. The van der Waals surface area contributed by atoms with Crippen molar-refractivity contribution in [3.05, 3.63) is 82.3 Å². The third-order valence-electron chi connectivity index (χ3n) is 9.86. The minimum absolute atomic E-state index is 0.144. The van der Waals surface area contributed by atoms with Gasteiger partial charge >= 0.3 is 0 Å². The molecule has 3 aliphatic rings. The van der Waals surface area contributed by atoms with Crippen LogP contribution in [0.5, 0.6) is 5.75 Å². The minimum atomic E-state index is -1.59. The Morgan fingerprint density at radius 1 is 1.09 bits per heavy atom. The van der Waals surface area contributed by atoms with E-state index >= 15 is 0 Å². The molecular formula is C35H39N5O6. The summed E-state index contributed by atoms with van der Waals surface area (Å²) in [5.41, 5.74) is 2.07. The number of aryl methyl sites for hydroxylation is 2. The van der Waals surface area contributed by atoms with Gasteiger partial charge in [0.15, 0.2) is 17.7 Å². The van der Waals surface area contributed by atoms with E-state index in [1.807, 2.05) is 64.1 Å². The van der Waals surface area contributed by atoms with Gasteiger partial charge in [0.1, 0.15) is 34.6 Å². The third kappa shape index (κ3) is 4.35. The molecule has 0 fully saturated rings. The molecule has 7 rings (SSSR count). The molecule has 0 saturated heterocycles. The van der Waals surface area contributed by atoms with Crippen LogP contribution in [0, 0.1) is 19.8 Å². The first-order valence-electron chi connectivity index (χ1n) is 16.0. The molecule has 0 aliphatic carbocycles. The zero-order valence-electron chi connectivity index (χ0n) is 26.9. The smallest absolute Gasteiger partial charge is 0.252 e. The first-order valence-corrected chi connectivity index (χ1v) is 16.0. The quantitative estimate of drug-likeness (QED) is 0.236. The number of carbonyl (C=O) groups is 2. The second kappa shape index (κ2) is 10.7. The summed E-state index contributed by atoms with van der Waals surface area (Å²) in [5.74, 6) is 1.28. The van der Waals surface area contributed by atoms with Gasteiger partial charge in [-0.2, -0.15) is 0 Å². The SMILES string of the molecule is CCC(O)(CC)C(=O)NC1Cc2ccc3c(c2)C2(c4ccccc4NC2O3)c2oc(nc2-c2nc(C)c(C)o2)[C@H](C(C)C)NC1=O. The van der Waals surface area contributed by atoms with Crippen molar-refractivity contribution >= 4 is 17.5 Å². The van der Waals surface area contributed by atoms with Crippen molar-refractivity contribution in [3.8, 4) is 17.3 Å². The van der Waals surface area contributed by atoms with E-state index in [2.05, 4.69) is 22.0 Å². The number of amides is 2. The highest BCUT2D eigenvalue weighted by molar-refractivity contribution is 5.91. The number of fused-ring (bicyclic) bond motifs is 4. The summed E-state index contributed by atoms with van der Waals surface area (Å²) in [4.78, 5) is 37.1. The van der Waals surface area contributed by atoms with Crippen molar-refractivity contribution in [1.82, 2.24) is 20.6 Å². The number of nitrogens with one attached hydrogen (secondary N) is 3. The number of anilines is 1. The number of benzene rings is 2. The van der Waals surface area contributed by atoms with Crippen molar-refractivity contribution in [2.24, 2.45) is 5.92 Å². The van der Waals surface area contributed by atoms with Gasteiger partial charge in [0, 0.05) is 17.7 Å². The number of nitrogens with zero attached hydrogens (tertiary/aromatic N) is 2. The summed E-state index contributed by atoms with van der Waals surface area (Å²) in [5, 5.41) is 20.5. The van der Waals surface area contributed by atoms with Crippen LogP contribution in [0.25, 0.3) is 11.6 Å². The van der Waals surface area contributed by atoms with E-state index in [-0.39, 0.29) is 31.1 Å². The van der Waals surface area contributed by atoms with Crippen LogP contribution >= 0.6 is 0 Å². The highest BCUT2D eigenvalue weighted by Crippen LogP contribution is 2.59. The summed E-state index contributed by atoms with van der Waals surface area (Å²) in [7, 11) is 0. The molecule has 1 spiro atoms. The van der Waals surface area contributed by atoms with Gasteiger partial charge < -0.3 is 34.6 Å². The predicted molar refractivity (Wildman–Crippen MR) is 169 cm³/mol. The molecule has 11 nitrogen and oxygen atoms in total. The van der Waals surface area contributed by atoms with Crippen molar-refractivity contribution in [2.75, 3.05) is 5.32 Å². The molecule has 0 radical (unpaired) electrons. The van der Waals surface area contributed by atoms with Crippen molar-refractivity contribution in [2.45, 2.75) is 90.1 Å². The number of aromatic nitrogens is 2. The zero-order chi connectivity index (χ0) is 32.5. The highest BCUT2D eigenvalue weighted by Gasteiger charge is 2.61. The maximum absolute atomic E-state index is 14.0. The normalized spacial score (nSPS) is 23.0. The van der Waals surface area contributed by atoms with Gasteiger partial charge in [0.25, 0.3) is 5.91 Å². The van der Waals surface area contributed by atoms with Crippen LogP contribution in [0.2, 0.25) is 0 Å².